The molecule has 1 amide bonds. The van der Waals surface area contributed by atoms with Gasteiger partial charge < -0.3 is 10.1 Å². The highest BCUT2D eigenvalue weighted by molar-refractivity contribution is 7.89. The summed E-state index contributed by atoms with van der Waals surface area (Å²) in [5, 5.41) is 2.80. The van der Waals surface area contributed by atoms with Crippen molar-refractivity contribution in [2.45, 2.75) is 57.6 Å². The first-order chi connectivity index (χ1) is 11.7. The molecule has 1 saturated heterocycles. The van der Waals surface area contributed by atoms with Gasteiger partial charge in [0.1, 0.15) is 0 Å². The van der Waals surface area contributed by atoms with Crippen LogP contribution in [-0.4, -0.2) is 43.9 Å². The summed E-state index contributed by atoms with van der Waals surface area (Å²) in [6.45, 7) is 8.57. The summed E-state index contributed by atoms with van der Waals surface area (Å²) in [6.07, 6.45) is 1.03. The largest absolute Gasteiger partial charge is 0.373 e. The Morgan fingerprint density at radius 3 is 2.28 bits per heavy atom. The molecule has 0 saturated carbocycles. The molecular weight excluding hydrogens is 340 g/mol. The third kappa shape index (κ3) is 5.52. The zero-order valence-electron chi connectivity index (χ0n) is 15.4. The van der Waals surface area contributed by atoms with Gasteiger partial charge in [-0.3, -0.25) is 4.79 Å². The molecule has 0 aromatic heterocycles. The number of nitrogens with one attached hydrogen (secondary N) is 1. The first-order valence-corrected chi connectivity index (χ1v) is 10.2. The van der Waals surface area contributed by atoms with Crippen LogP contribution in [0, 0.1) is 5.92 Å². The van der Waals surface area contributed by atoms with E-state index in [1.54, 1.807) is 12.1 Å². The number of anilines is 1. The van der Waals surface area contributed by atoms with Crippen LogP contribution < -0.4 is 5.32 Å². The lowest BCUT2D eigenvalue weighted by atomic mass is 10.1. The molecule has 1 aromatic rings. The molecule has 2 unspecified atom stereocenters. The fourth-order valence-corrected chi connectivity index (χ4v) is 4.42. The van der Waals surface area contributed by atoms with Crippen LogP contribution in [0.5, 0.6) is 0 Å². The number of nitrogens with zero attached hydrogens (tertiary/aromatic N) is 1. The molecule has 1 aliphatic heterocycles. The van der Waals surface area contributed by atoms with Gasteiger partial charge in [0, 0.05) is 25.2 Å². The van der Waals surface area contributed by atoms with Gasteiger partial charge in [-0.1, -0.05) is 13.8 Å². The molecule has 1 N–H and O–H groups in total. The van der Waals surface area contributed by atoms with E-state index in [0.717, 1.165) is 6.42 Å². The molecule has 1 fully saturated rings. The SMILES string of the molecule is CC(C)CCC(=O)Nc1ccc(S(=O)(=O)N2CC(C)OC(C)C2)cc1. The second kappa shape index (κ2) is 8.29. The monoisotopic (exact) mass is 368 g/mol. The third-order valence-electron chi connectivity index (χ3n) is 4.11. The molecule has 140 valence electrons. The zero-order valence-corrected chi connectivity index (χ0v) is 16.2. The molecule has 0 bridgehead atoms. The smallest absolute Gasteiger partial charge is 0.243 e. The number of morpholine rings is 1. The van der Waals surface area contributed by atoms with Crippen LogP contribution in [-0.2, 0) is 19.6 Å². The van der Waals surface area contributed by atoms with Crippen molar-refractivity contribution in [1.29, 1.82) is 0 Å². The number of amides is 1. The van der Waals surface area contributed by atoms with Crippen LogP contribution in [0.1, 0.15) is 40.5 Å². The lowest BCUT2D eigenvalue weighted by Crippen LogP contribution is -2.48. The molecule has 1 aromatic carbocycles. The summed E-state index contributed by atoms with van der Waals surface area (Å²) < 4.78 is 32.6. The van der Waals surface area contributed by atoms with Gasteiger partial charge >= 0.3 is 0 Å². The zero-order chi connectivity index (χ0) is 18.6. The summed E-state index contributed by atoms with van der Waals surface area (Å²) in [4.78, 5) is 12.1. The molecule has 2 atom stereocenters. The maximum Gasteiger partial charge on any atom is 0.243 e. The van der Waals surface area contributed by atoms with Gasteiger partial charge in [0.15, 0.2) is 0 Å². The molecular formula is C18H28N2O4S. The van der Waals surface area contributed by atoms with Crippen molar-refractivity contribution in [3.8, 4) is 0 Å². The molecule has 0 spiro atoms. The van der Waals surface area contributed by atoms with Crippen molar-refractivity contribution in [3.05, 3.63) is 24.3 Å². The first kappa shape index (κ1) is 19.9. The third-order valence-corrected chi connectivity index (χ3v) is 5.96. The number of sulfonamides is 1. The van der Waals surface area contributed by atoms with Gasteiger partial charge in [-0.05, 0) is 50.5 Å². The number of carbonyl (C=O) groups is 1. The van der Waals surface area contributed by atoms with E-state index in [-0.39, 0.29) is 23.0 Å². The topological polar surface area (TPSA) is 75.7 Å². The highest BCUT2D eigenvalue weighted by atomic mass is 32.2. The maximum atomic E-state index is 12.8. The fourth-order valence-electron chi connectivity index (χ4n) is 2.83. The summed E-state index contributed by atoms with van der Waals surface area (Å²) in [7, 11) is -3.55. The van der Waals surface area contributed by atoms with Crippen LogP contribution in [0.4, 0.5) is 5.69 Å². The number of ether oxygens (including phenoxy) is 1. The van der Waals surface area contributed by atoms with Gasteiger partial charge in [-0.25, -0.2) is 8.42 Å². The van der Waals surface area contributed by atoms with E-state index in [9.17, 15) is 13.2 Å². The second-order valence-corrected chi connectivity index (χ2v) is 9.02. The molecule has 0 radical (unpaired) electrons. The van der Waals surface area contributed by atoms with Crippen LogP contribution in [0.3, 0.4) is 0 Å². The Hall–Kier alpha value is -1.44. The standard InChI is InChI=1S/C18H28N2O4S/c1-13(2)5-10-18(21)19-16-6-8-17(9-7-16)25(22,23)20-11-14(3)24-15(4)12-20/h6-9,13-15H,5,10-12H2,1-4H3,(H,19,21). The van der Waals surface area contributed by atoms with Crippen molar-refractivity contribution in [3.63, 3.8) is 0 Å². The van der Waals surface area contributed by atoms with Gasteiger partial charge in [0.2, 0.25) is 15.9 Å². The number of rotatable bonds is 6. The molecule has 0 aliphatic carbocycles. The predicted octanol–water partition coefficient (Wildman–Crippen LogP) is 2.86. The number of hydrogen-bond donors (Lipinski definition) is 1. The second-order valence-electron chi connectivity index (χ2n) is 7.08. The average Bonchev–Trinajstić information content (AvgIpc) is 2.52. The first-order valence-electron chi connectivity index (χ1n) is 8.74. The summed E-state index contributed by atoms with van der Waals surface area (Å²) >= 11 is 0. The molecule has 6 nitrogen and oxygen atoms in total. The van der Waals surface area contributed by atoms with Gasteiger partial charge in [-0.2, -0.15) is 4.31 Å². The maximum absolute atomic E-state index is 12.8. The van der Waals surface area contributed by atoms with Crippen LogP contribution in [0.25, 0.3) is 0 Å². The van der Waals surface area contributed by atoms with Crippen molar-refractivity contribution in [1.82, 2.24) is 4.31 Å². The normalized spacial score (nSPS) is 22.1. The van der Waals surface area contributed by atoms with Crippen LogP contribution >= 0.6 is 0 Å². The molecule has 1 aliphatic rings. The van der Waals surface area contributed by atoms with Crippen LogP contribution in [0.15, 0.2) is 29.2 Å². The molecule has 7 heteroatoms. The van der Waals surface area contributed by atoms with Crippen molar-refractivity contribution in [2.75, 3.05) is 18.4 Å². The van der Waals surface area contributed by atoms with Gasteiger partial charge in [0.05, 0.1) is 17.1 Å². The minimum absolute atomic E-state index is 0.0554. The van der Waals surface area contributed by atoms with E-state index in [1.165, 1.54) is 16.4 Å². The molecule has 25 heavy (non-hydrogen) atoms. The van der Waals surface area contributed by atoms with E-state index in [1.807, 2.05) is 13.8 Å². The summed E-state index contributed by atoms with van der Waals surface area (Å²) in [6, 6.07) is 6.34. The highest BCUT2D eigenvalue weighted by Gasteiger charge is 2.32. The lowest BCUT2D eigenvalue weighted by Gasteiger charge is -2.34. The van der Waals surface area contributed by atoms with Crippen molar-refractivity contribution < 1.29 is 17.9 Å². The highest BCUT2D eigenvalue weighted by Crippen LogP contribution is 2.22. The minimum atomic E-state index is -3.55. The predicted molar refractivity (Wildman–Crippen MR) is 97.9 cm³/mol. The van der Waals surface area contributed by atoms with Crippen molar-refractivity contribution >= 4 is 21.6 Å². The number of benzene rings is 1. The number of carbonyl (C=O) groups excluding carboxylic acids is 1. The van der Waals surface area contributed by atoms with E-state index >= 15 is 0 Å². The minimum Gasteiger partial charge on any atom is -0.373 e. The van der Waals surface area contributed by atoms with Gasteiger partial charge in [0.25, 0.3) is 0 Å². The Morgan fingerprint density at radius 1 is 1.20 bits per heavy atom. The summed E-state index contributed by atoms with van der Waals surface area (Å²) in [5.74, 6) is 0.414. The Bertz CT molecular complexity index is 676. The summed E-state index contributed by atoms with van der Waals surface area (Å²) in [5.41, 5.74) is 0.608. The number of hydrogen-bond acceptors (Lipinski definition) is 4. The quantitative estimate of drug-likeness (QED) is 0.838. The fraction of sp³-hybridized carbons (Fsp3) is 0.611. The van der Waals surface area contributed by atoms with Crippen molar-refractivity contribution in [2.24, 2.45) is 5.92 Å². The van der Waals surface area contributed by atoms with E-state index in [2.05, 4.69) is 19.2 Å². The molecule has 2 rings (SSSR count). The molecule has 1 heterocycles. The van der Waals surface area contributed by atoms with Gasteiger partial charge in [-0.15, -0.1) is 0 Å². The lowest BCUT2D eigenvalue weighted by molar-refractivity contribution is -0.116. The van der Waals surface area contributed by atoms with E-state index in [0.29, 0.717) is 31.1 Å². The Kier molecular flexibility index (Phi) is 6.59. The Balaban J connectivity index is 2.04. The average molecular weight is 368 g/mol. The van der Waals surface area contributed by atoms with E-state index in [4.69, 9.17) is 4.74 Å². The van der Waals surface area contributed by atoms with Crippen LogP contribution in [0.2, 0.25) is 0 Å². The Morgan fingerprint density at radius 2 is 1.76 bits per heavy atom. The van der Waals surface area contributed by atoms with E-state index < -0.39 is 10.0 Å². The Labute approximate surface area is 150 Å².